The molecule has 30 heavy (non-hydrogen) atoms. The summed E-state index contributed by atoms with van der Waals surface area (Å²) in [5.41, 5.74) is 3.54. The van der Waals surface area contributed by atoms with Crippen LogP contribution in [0.15, 0.2) is 60.4 Å². The van der Waals surface area contributed by atoms with Gasteiger partial charge in [0.25, 0.3) is 0 Å². The lowest BCUT2D eigenvalue weighted by Gasteiger charge is -2.34. The van der Waals surface area contributed by atoms with E-state index in [9.17, 15) is 0 Å². The van der Waals surface area contributed by atoms with Gasteiger partial charge in [-0.3, -0.25) is 4.68 Å². The average molecular weight is 408 g/mol. The number of aromatic nitrogens is 4. The van der Waals surface area contributed by atoms with E-state index in [-0.39, 0.29) is 6.10 Å². The molecule has 4 rings (SSSR count). The average Bonchev–Trinajstić information content (AvgIpc) is 3.43. The Morgan fingerprint density at radius 3 is 3.00 bits per heavy atom. The summed E-state index contributed by atoms with van der Waals surface area (Å²) >= 11 is 0. The molecule has 2 aromatic heterocycles. The normalized spacial score (nSPS) is 17.3. The van der Waals surface area contributed by atoms with Gasteiger partial charge in [-0.05, 0) is 18.1 Å². The Morgan fingerprint density at radius 1 is 1.33 bits per heavy atom. The van der Waals surface area contributed by atoms with Crippen molar-refractivity contribution in [3.05, 3.63) is 72.1 Å². The molecule has 8 heteroatoms. The summed E-state index contributed by atoms with van der Waals surface area (Å²) in [5.74, 6) is 0.926. The highest BCUT2D eigenvalue weighted by Crippen LogP contribution is 2.21. The number of aliphatic imine (C=N–C) groups is 1. The Bertz CT molecular complexity index is 964. The molecule has 1 unspecified atom stereocenters. The van der Waals surface area contributed by atoms with Gasteiger partial charge in [-0.25, -0.2) is 9.98 Å². The van der Waals surface area contributed by atoms with Gasteiger partial charge in [-0.1, -0.05) is 24.3 Å². The molecule has 3 heterocycles. The van der Waals surface area contributed by atoms with Crippen molar-refractivity contribution in [3.63, 3.8) is 0 Å². The number of hydrogen-bond donors (Lipinski definition) is 1. The third-order valence-electron chi connectivity index (χ3n) is 5.12. The van der Waals surface area contributed by atoms with E-state index < -0.39 is 0 Å². The second kappa shape index (κ2) is 9.58. The second-order valence-electron chi connectivity index (χ2n) is 7.48. The zero-order chi connectivity index (χ0) is 20.8. The number of hydrogen-bond acceptors (Lipinski definition) is 4. The first-order chi connectivity index (χ1) is 14.7. The first-order valence-corrected chi connectivity index (χ1v) is 10.4. The summed E-state index contributed by atoms with van der Waals surface area (Å²) < 4.78 is 9.86. The number of guanidine groups is 1. The lowest BCUT2D eigenvalue weighted by atomic mass is 10.1. The SMILES string of the molecule is CCNC(=NCc1cccc(Cn2ccnc2)c1)N1CCOC(c2cnn(C)c2)C1. The van der Waals surface area contributed by atoms with Crippen molar-refractivity contribution in [2.75, 3.05) is 26.2 Å². The topological polar surface area (TPSA) is 72.5 Å². The monoisotopic (exact) mass is 407 g/mol. The predicted octanol–water partition coefficient (Wildman–Crippen LogP) is 2.20. The quantitative estimate of drug-likeness (QED) is 0.501. The predicted molar refractivity (Wildman–Crippen MR) is 116 cm³/mol. The number of nitrogens with zero attached hydrogens (tertiary/aromatic N) is 6. The van der Waals surface area contributed by atoms with Gasteiger partial charge in [0.15, 0.2) is 5.96 Å². The van der Waals surface area contributed by atoms with Crippen LogP contribution in [0.1, 0.15) is 29.7 Å². The molecule has 0 saturated carbocycles. The Labute approximate surface area is 177 Å². The molecule has 158 valence electrons. The van der Waals surface area contributed by atoms with Gasteiger partial charge in [0.05, 0.1) is 32.2 Å². The molecule has 1 aromatic carbocycles. The van der Waals surface area contributed by atoms with Crippen LogP contribution in [0.5, 0.6) is 0 Å². The van der Waals surface area contributed by atoms with E-state index in [2.05, 4.69) is 56.1 Å². The molecule has 0 aliphatic carbocycles. The Hall–Kier alpha value is -3.13. The third kappa shape index (κ3) is 5.07. The van der Waals surface area contributed by atoms with Crippen LogP contribution < -0.4 is 5.32 Å². The van der Waals surface area contributed by atoms with Crippen molar-refractivity contribution in [2.24, 2.45) is 12.0 Å². The van der Waals surface area contributed by atoms with Gasteiger partial charge in [0, 0.05) is 50.8 Å². The summed E-state index contributed by atoms with van der Waals surface area (Å²) in [5, 5.41) is 7.71. The fraction of sp³-hybridized carbons (Fsp3) is 0.409. The molecular formula is C22H29N7O. The molecule has 1 N–H and O–H groups in total. The Morgan fingerprint density at radius 2 is 2.23 bits per heavy atom. The minimum Gasteiger partial charge on any atom is -0.370 e. The van der Waals surface area contributed by atoms with E-state index in [0.29, 0.717) is 13.2 Å². The lowest BCUT2D eigenvalue weighted by Crippen LogP contribution is -2.48. The summed E-state index contributed by atoms with van der Waals surface area (Å²) in [4.78, 5) is 11.3. The van der Waals surface area contributed by atoms with E-state index in [4.69, 9.17) is 9.73 Å². The Balaban J connectivity index is 1.44. The lowest BCUT2D eigenvalue weighted by molar-refractivity contribution is -0.00805. The first-order valence-electron chi connectivity index (χ1n) is 10.4. The van der Waals surface area contributed by atoms with Crippen LogP contribution >= 0.6 is 0 Å². The molecule has 8 nitrogen and oxygen atoms in total. The van der Waals surface area contributed by atoms with Crippen LogP contribution in [0.3, 0.4) is 0 Å². The summed E-state index contributed by atoms with van der Waals surface area (Å²) in [6.45, 7) is 6.63. The smallest absolute Gasteiger partial charge is 0.194 e. The third-order valence-corrected chi connectivity index (χ3v) is 5.12. The molecular weight excluding hydrogens is 378 g/mol. The molecule has 0 bridgehead atoms. The molecule has 1 aliphatic heterocycles. The molecule has 1 saturated heterocycles. The zero-order valence-corrected chi connectivity index (χ0v) is 17.6. The maximum Gasteiger partial charge on any atom is 0.194 e. The van der Waals surface area contributed by atoms with Crippen molar-refractivity contribution < 1.29 is 4.74 Å². The maximum atomic E-state index is 5.98. The van der Waals surface area contributed by atoms with Crippen LogP contribution in [-0.2, 0) is 24.9 Å². The number of nitrogens with one attached hydrogen (secondary N) is 1. The second-order valence-corrected chi connectivity index (χ2v) is 7.48. The van der Waals surface area contributed by atoms with E-state index in [1.54, 1.807) is 6.20 Å². The van der Waals surface area contributed by atoms with E-state index in [1.807, 2.05) is 36.6 Å². The van der Waals surface area contributed by atoms with Crippen LogP contribution in [0, 0.1) is 0 Å². The van der Waals surface area contributed by atoms with E-state index >= 15 is 0 Å². The molecule has 0 spiro atoms. The molecule has 3 aromatic rings. The highest BCUT2D eigenvalue weighted by Gasteiger charge is 2.25. The van der Waals surface area contributed by atoms with Crippen LogP contribution in [0.4, 0.5) is 0 Å². The fourth-order valence-corrected chi connectivity index (χ4v) is 3.66. The summed E-state index contributed by atoms with van der Waals surface area (Å²) in [6, 6.07) is 8.57. The van der Waals surface area contributed by atoms with Crippen molar-refractivity contribution in [1.82, 2.24) is 29.5 Å². The van der Waals surface area contributed by atoms with Crippen LogP contribution in [0.2, 0.25) is 0 Å². The van der Waals surface area contributed by atoms with Gasteiger partial charge in [0.1, 0.15) is 6.10 Å². The van der Waals surface area contributed by atoms with Gasteiger partial charge in [-0.15, -0.1) is 0 Å². The van der Waals surface area contributed by atoms with Gasteiger partial charge >= 0.3 is 0 Å². The number of rotatable bonds is 6. The minimum atomic E-state index is 0.00909. The standard InChI is InChI=1S/C22H29N7O/c1-3-24-22(29-9-10-30-21(16-29)20-13-26-27(2)15-20)25-12-18-5-4-6-19(11-18)14-28-8-7-23-17-28/h4-8,11,13,15,17,21H,3,9-10,12,14,16H2,1-2H3,(H,24,25). The van der Waals surface area contributed by atoms with E-state index in [0.717, 1.165) is 37.7 Å². The van der Waals surface area contributed by atoms with Crippen LogP contribution in [-0.4, -0.2) is 56.4 Å². The largest absolute Gasteiger partial charge is 0.370 e. The van der Waals surface area contributed by atoms with Gasteiger partial charge in [-0.2, -0.15) is 5.10 Å². The van der Waals surface area contributed by atoms with Crippen molar-refractivity contribution in [1.29, 1.82) is 0 Å². The number of aryl methyl sites for hydroxylation is 1. The summed E-state index contributed by atoms with van der Waals surface area (Å²) in [6.07, 6.45) is 9.53. The van der Waals surface area contributed by atoms with Crippen molar-refractivity contribution in [3.8, 4) is 0 Å². The van der Waals surface area contributed by atoms with Crippen molar-refractivity contribution >= 4 is 5.96 Å². The Kier molecular flexibility index (Phi) is 6.44. The number of ether oxygens (including phenoxy) is 1. The van der Waals surface area contributed by atoms with Gasteiger partial charge in [0.2, 0.25) is 0 Å². The number of imidazole rings is 1. The highest BCUT2D eigenvalue weighted by molar-refractivity contribution is 5.80. The van der Waals surface area contributed by atoms with Crippen molar-refractivity contribution in [2.45, 2.75) is 26.1 Å². The molecule has 0 amide bonds. The maximum absolute atomic E-state index is 5.98. The molecule has 1 fully saturated rings. The molecule has 1 atom stereocenters. The minimum absolute atomic E-state index is 0.00909. The molecule has 1 aliphatic rings. The fourth-order valence-electron chi connectivity index (χ4n) is 3.66. The van der Waals surface area contributed by atoms with Gasteiger partial charge < -0.3 is 19.5 Å². The number of morpholine rings is 1. The van der Waals surface area contributed by atoms with E-state index in [1.165, 1.54) is 11.1 Å². The zero-order valence-electron chi connectivity index (χ0n) is 17.6. The van der Waals surface area contributed by atoms with Crippen LogP contribution in [0.25, 0.3) is 0 Å². The first kappa shape index (κ1) is 20.2. The summed E-state index contributed by atoms with van der Waals surface area (Å²) in [7, 11) is 1.93. The highest BCUT2D eigenvalue weighted by atomic mass is 16.5. The number of benzene rings is 1. The molecule has 0 radical (unpaired) electrons.